The molecular formula is C13H24N2O2S. The minimum Gasteiger partial charge on any atom is -0.393 e. The molecule has 104 valence electrons. The number of hydrogen-bond donors (Lipinski definition) is 2. The SMILES string of the molecule is CC(C)C(C(=O)NCCC1CCCCO1)C(N)=S. The van der Waals surface area contributed by atoms with E-state index in [9.17, 15) is 4.79 Å². The zero-order valence-corrected chi connectivity index (χ0v) is 12.1. The largest absolute Gasteiger partial charge is 0.393 e. The Morgan fingerprint density at radius 3 is 2.72 bits per heavy atom. The van der Waals surface area contributed by atoms with E-state index in [-0.39, 0.29) is 22.7 Å². The van der Waals surface area contributed by atoms with Crippen LogP contribution >= 0.6 is 12.2 Å². The first-order chi connectivity index (χ1) is 8.52. The number of carbonyl (C=O) groups is 1. The zero-order valence-electron chi connectivity index (χ0n) is 11.3. The van der Waals surface area contributed by atoms with Crippen molar-refractivity contribution in [3.05, 3.63) is 0 Å². The van der Waals surface area contributed by atoms with Crippen LogP contribution in [-0.2, 0) is 9.53 Å². The van der Waals surface area contributed by atoms with Gasteiger partial charge >= 0.3 is 0 Å². The number of nitrogens with one attached hydrogen (secondary N) is 1. The van der Waals surface area contributed by atoms with Crippen molar-refractivity contribution in [2.75, 3.05) is 13.2 Å². The molecule has 1 rings (SSSR count). The lowest BCUT2D eigenvalue weighted by Gasteiger charge is -2.23. The van der Waals surface area contributed by atoms with Crippen molar-refractivity contribution in [2.24, 2.45) is 17.6 Å². The quantitative estimate of drug-likeness (QED) is 0.721. The van der Waals surface area contributed by atoms with E-state index in [2.05, 4.69) is 5.32 Å². The van der Waals surface area contributed by atoms with Gasteiger partial charge in [0.15, 0.2) is 0 Å². The van der Waals surface area contributed by atoms with Crippen LogP contribution in [0, 0.1) is 11.8 Å². The van der Waals surface area contributed by atoms with Crippen LogP contribution in [0.2, 0.25) is 0 Å². The van der Waals surface area contributed by atoms with Crippen molar-refractivity contribution in [2.45, 2.75) is 45.6 Å². The van der Waals surface area contributed by atoms with Crippen molar-refractivity contribution in [3.63, 3.8) is 0 Å². The Kier molecular flexibility index (Phi) is 6.57. The van der Waals surface area contributed by atoms with Gasteiger partial charge in [0, 0.05) is 13.2 Å². The predicted octanol–water partition coefficient (Wildman–Crippen LogP) is 1.62. The summed E-state index contributed by atoms with van der Waals surface area (Å²) in [6.45, 7) is 5.39. The number of rotatable bonds is 6. The van der Waals surface area contributed by atoms with Crippen molar-refractivity contribution in [1.29, 1.82) is 0 Å². The lowest BCUT2D eigenvalue weighted by Crippen LogP contribution is -2.41. The molecule has 0 saturated carbocycles. The number of amides is 1. The van der Waals surface area contributed by atoms with Crippen molar-refractivity contribution in [3.8, 4) is 0 Å². The van der Waals surface area contributed by atoms with Gasteiger partial charge in [0.25, 0.3) is 0 Å². The Morgan fingerprint density at radius 2 is 2.22 bits per heavy atom. The van der Waals surface area contributed by atoms with E-state index in [1.165, 1.54) is 6.42 Å². The molecular weight excluding hydrogens is 248 g/mol. The van der Waals surface area contributed by atoms with Gasteiger partial charge in [0.1, 0.15) is 0 Å². The zero-order chi connectivity index (χ0) is 13.5. The second-order valence-corrected chi connectivity index (χ2v) is 5.66. The van der Waals surface area contributed by atoms with Gasteiger partial charge in [-0.2, -0.15) is 0 Å². The monoisotopic (exact) mass is 272 g/mol. The molecule has 2 unspecified atom stereocenters. The van der Waals surface area contributed by atoms with Crippen LogP contribution in [0.15, 0.2) is 0 Å². The molecule has 0 aromatic carbocycles. The Labute approximate surface area is 115 Å². The van der Waals surface area contributed by atoms with Crippen molar-refractivity contribution in [1.82, 2.24) is 5.32 Å². The Morgan fingerprint density at radius 1 is 1.50 bits per heavy atom. The molecule has 3 N–H and O–H groups in total. The molecule has 1 aliphatic heterocycles. The first kappa shape index (κ1) is 15.4. The Bertz CT molecular complexity index is 289. The highest BCUT2D eigenvalue weighted by atomic mass is 32.1. The third-order valence-electron chi connectivity index (χ3n) is 3.30. The lowest BCUT2D eigenvalue weighted by atomic mass is 9.95. The van der Waals surface area contributed by atoms with E-state index in [0.29, 0.717) is 12.6 Å². The van der Waals surface area contributed by atoms with Crippen LogP contribution in [0.1, 0.15) is 39.5 Å². The minimum absolute atomic E-state index is 0.0618. The maximum Gasteiger partial charge on any atom is 0.230 e. The Hall–Kier alpha value is -0.680. The average Bonchev–Trinajstić information content (AvgIpc) is 2.29. The summed E-state index contributed by atoms with van der Waals surface area (Å²) in [5.74, 6) is -0.297. The number of thiocarbonyl (C=S) groups is 1. The van der Waals surface area contributed by atoms with Gasteiger partial charge in [-0.25, -0.2) is 0 Å². The summed E-state index contributed by atoms with van der Waals surface area (Å²) in [5, 5.41) is 2.91. The van der Waals surface area contributed by atoms with Crippen LogP contribution in [0.4, 0.5) is 0 Å². The van der Waals surface area contributed by atoms with Gasteiger partial charge < -0.3 is 15.8 Å². The van der Waals surface area contributed by atoms with E-state index >= 15 is 0 Å². The molecule has 1 amide bonds. The van der Waals surface area contributed by atoms with Gasteiger partial charge in [0.2, 0.25) is 5.91 Å². The van der Waals surface area contributed by atoms with Gasteiger partial charge in [-0.15, -0.1) is 0 Å². The summed E-state index contributed by atoms with van der Waals surface area (Å²) in [6, 6.07) is 0. The van der Waals surface area contributed by atoms with Gasteiger partial charge in [-0.05, 0) is 31.6 Å². The van der Waals surface area contributed by atoms with Gasteiger partial charge in [-0.1, -0.05) is 26.1 Å². The Balaban J connectivity index is 2.28. The predicted molar refractivity (Wildman–Crippen MR) is 76.3 cm³/mol. The maximum atomic E-state index is 11.9. The van der Waals surface area contributed by atoms with E-state index in [0.717, 1.165) is 25.9 Å². The summed E-state index contributed by atoms with van der Waals surface area (Å²) in [4.78, 5) is 12.2. The number of hydrogen-bond acceptors (Lipinski definition) is 3. The molecule has 0 radical (unpaired) electrons. The van der Waals surface area contributed by atoms with Crippen LogP contribution in [0.5, 0.6) is 0 Å². The third-order valence-corrected chi connectivity index (χ3v) is 3.55. The smallest absolute Gasteiger partial charge is 0.230 e. The number of ether oxygens (including phenoxy) is 1. The van der Waals surface area contributed by atoms with E-state index in [4.69, 9.17) is 22.7 Å². The van der Waals surface area contributed by atoms with Crippen LogP contribution < -0.4 is 11.1 Å². The summed E-state index contributed by atoms with van der Waals surface area (Å²) in [7, 11) is 0. The first-order valence-electron chi connectivity index (χ1n) is 6.71. The molecule has 1 heterocycles. The summed E-state index contributed by atoms with van der Waals surface area (Å²) in [6.07, 6.45) is 4.63. The van der Waals surface area contributed by atoms with Gasteiger partial charge in [0.05, 0.1) is 17.0 Å². The molecule has 2 atom stereocenters. The molecule has 18 heavy (non-hydrogen) atoms. The van der Waals surface area contributed by atoms with Crippen LogP contribution in [0.25, 0.3) is 0 Å². The lowest BCUT2D eigenvalue weighted by molar-refractivity contribution is -0.124. The molecule has 5 heteroatoms. The van der Waals surface area contributed by atoms with Crippen LogP contribution in [0.3, 0.4) is 0 Å². The second kappa shape index (κ2) is 7.69. The molecule has 0 bridgehead atoms. The summed E-state index contributed by atoms with van der Waals surface area (Å²) >= 11 is 4.94. The molecule has 1 saturated heterocycles. The van der Waals surface area contributed by atoms with Crippen molar-refractivity contribution < 1.29 is 9.53 Å². The van der Waals surface area contributed by atoms with Crippen LogP contribution in [-0.4, -0.2) is 30.2 Å². The summed E-state index contributed by atoms with van der Waals surface area (Å²) < 4.78 is 5.61. The molecule has 0 aromatic heterocycles. The standard InChI is InChI=1S/C13H24N2O2S/c1-9(2)11(12(14)18)13(16)15-7-6-10-5-3-4-8-17-10/h9-11H,3-8H2,1-2H3,(H2,14,18)(H,15,16). The van der Waals surface area contributed by atoms with E-state index in [1.807, 2.05) is 13.8 Å². The fraction of sp³-hybridized carbons (Fsp3) is 0.846. The fourth-order valence-corrected chi connectivity index (χ4v) is 2.64. The number of nitrogens with two attached hydrogens (primary N) is 1. The molecule has 0 aromatic rings. The molecule has 1 aliphatic rings. The summed E-state index contributed by atoms with van der Waals surface area (Å²) in [5.41, 5.74) is 5.60. The van der Waals surface area contributed by atoms with Crippen molar-refractivity contribution >= 4 is 23.1 Å². The molecule has 1 fully saturated rings. The highest BCUT2D eigenvalue weighted by Gasteiger charge is 2.24. The van der Waals surface area contributed by atoms with E-state index < -0.39 is 0 Å². The molecule has 0 spiro atoms. The molecule has 0 aliphatic carbocycles. The molecule has 4 nitrogen and oxygen atoms in total. The highest BCUT2D eigenvalue weighted by Crippen LogP contribution is 2.15. The second-order valence-electron chi connectivity index (χ2n) is 5.19. The topological polar surface area (TPSA) is 64.3 Å². The first-order valence-corrected chi connectivity index (χ1v) is 7.11. The van der Waals surface area contributed by atoms with Gasteiger partial charge in [-0.3, -0.25) is 4.79 Å². The minimum atomic E-state index is -0.368. The average molecular weight is 272 g/mol. The normalized spacial score (nSPS) is 21.6. The number of carbonyl (C=O) groups excluding carboxylic acids is 1. The van der Waals surface area contributed by atoms with E-state index in [1.54, 1.807) is 0 Å². The maximum absolute atomic E-state index is 11.9. The fourth-order valence-electron chi connectivity index (χ4n) is 2.26. The third kappa shape index (κ3) is 4.90. The highest BCUT2D eigenvalue weighted by molar-refractivity contribution is 7.80.